The van der Waals surface area contributed by atoms with E-state index in [9.17, 15) is 4.79 Å². The van der Waals surface area contributed by atoms with Crippen molar-refractivity contribution in [1.82, 2.24) is 10.6 Å². The number of carbonyl (C=O) groups is 1. The van der Waals surface area contributed by atoms with Crippen molar-refractivity contribution >= 4 is 17.5 Å². The van der Waals surface area contributed by atoms with Crippen LogP contribution in [0.25, 0.3) is 0 Å². The molecule has 0 fully saturated rings. The Balaban J connectivity index is 1.89. The minimum absolute atomic E-state index is 0.00117. The molecule has 1 amide bonds. The molecular formula is C19H23ClN2O. The number of halogens is 1. The summed E-state index contributed by atoms with van der Waals surface area (Å²) < 4.78 is 0. The summed E-state index contributed by atoms with van der Waals surface area (Å²) in [5, 5.41) is 7.07. The van der Waals surface area contributed by atoms with Gasteiger partial charge in [0, 0.05) is 17.6 Å². The molecule has 2 aromatic carbocycles. The lowest BCUT2D eigenvalue weighted by Gasteiger charge is -2.22. The van der Waals surface area contributed by atoms with Gasteiger partial charge in [-0.15, -0.1) is 0 Å². The van der Waals surface area contributed by atoms with E-state index in [4.69, 9.17) is 11.6 Å². The van der Waals surface area contributed by atoms with Crippen LogP contribution in [0.4, 0.5) is 0 Å². The molecule has 122 valence electrons. The Morgan fingerprint density at radius 3 is 2.35 bits per heavy atom. The van der Waals surface area contributed by atoms with Crippen molar-refractivity contribution < 1.29 is 4.79 Å². The standard InChI is InChI=1S/C19H23ClN2O/c1-3-18(16-9-11-17(20)12-10-16)22-14(2)19(23)21-13-15-7-5-4-6-8-15/h4-12,14,18,22H,3,13H2,1-2H3,(H,21,23). The number of hydrogen-bond donors (Lipinski definition) is 2. The summed E-state index contributed by atoms with van der Waals surface area (Å²) >= 11 is 5.93. The smallest absolute Gasteiger partial charge is 0.237 e. The number of rotatable bonds is 7. The predicted molar refractivity (Wildman–Crippen MR) is 95.4 cm³/mol. The highest BCUT2D eigenvalue weighted by Gasteiger charge is 2.17. The molecule has 2 N–H and O–H groups in total. The fourth-order valence-electron chi connectivity index (χ4n) is 2.46. The summed E-state index contributed by atoms with van der Waals surface area (Å²) in [7, 11) is 0. The normalized spacial score (nSPS) is 13.3. The molecule has 0 saturated carbocycles. The lowest BCUT2D eigenvalue weighted by molar-refractivity contribution is -0.123. The first kappa shape index (κ1) is 17.5. The van der Waals surface area contributed by atoms with Crippen LogP contribution in [0.5, 0.6) is 0 Å². The number of benzene rings is 2. The van der Waals surface area contributed by atoms with Crippen molar-refractivity contribution in [1.29, 1.82) is 0 Å². The summed E-state index contributed by atoms with van der Waals surface area (Å²) in [5.41, 5.74) is 2.23. The van der Waals surface area contributed by atoms with Gasteiger partial charge in [0.2, 0.25) is 5.91 Å². The van der Waals surface area contributed by atoms with Gasteiger partial charge in [0.1, 0.15) is 0 Å². The zero-order valence-electron chi connectivity index (χ0n) is 13.6. The highest BCUT2D eigenvalue weighted by atomic mass is 35.5. The molecule has 0 radical (unpaired) electrons. The SMILES string of the molecule is CCC(NC(C)C(=O)NCc1ccccc1)c1ccc(Cl)cc1. The van der Waals surface area contributed by atoms with Gasteiger partial charge in [0.05, 0.1) is 6.04 Å². The highest BCUT2D eigenvalue weighted by molar-refractivity contribution is 6.30. The third-order valence-corrected chi connectivity index (χ3v) is 4.09. The van der Waals surface area contributed by atoms with Crippen LogP contribution in [0, 0.1) is 0 Å². The van der Waals surface area contributed by atoms with Crippen LogP contribution in [-0.2, 0) is 11.3 Å². The van der Waals surface area contributed by atoms with E-state index in [1.165, 1.54) is 0 Å². The van der Waals surface area contributed by atoms with E-state index in [-0.39, 0.29) is 18.0 Å². The third-order valence-electron chi connectivity index (χ3n) is 3.83. The van der Waals surface area contributed by atoms with Crippen molar-refractivity contribution in [3.05, 3.63) is 70.7 Å². The number of hydrogen-bond acceptors (Lipinski definition) is 2. The van der Waals surface area contributed by atoms with Gasteiger partial charge < -0.3 is 5.32 Å². The summed E-state index contributed by atoms with van der Waals surface area (Å²) in [6, 6.07) is 17.5. The maximum absolute atomic E-state index is 12.3. The van der Waals surface area contributed by atoms with Gasteiger partial charge in [-0.3, -0.25) is 10.1 Å². The predicted octanol–water partition coefficient (Wildman–Crippen LogP) is 4.09. The molecule has 0 saturated heterocycles. The molecule has 0 spiro atoms. The van der Waals surface area contributed by atoms with Crippen molar-refractivity contribution in [3.63, 3.8) is 0 Å². The molecule has 3 nitrogen and oxygen atoms in total. The Morgan fingerprint density at radius 2 is 1.74 bits per heavy atom. The maximum atomic E-state index is 12.3. The molecule has 0 aliphatic heterocycles. The second kappa shape index (κ2) is 8.70. The molecule has 0 bridgehead atoms. The number of carbonyl (C=O) groups excluding carboxylic acids is 1. The Bertz CT molecular complexity index is 613. The van der Waals surface area contributed by atoms with Crippen LogP contribution >= 0.6 is 11.6 Å². The molecule has 2 atom stereocenters. The zero-order chi connectivity index (χ0) is 16.7. The molecule has 2 rings (SSSR count). The summed E-state index contributed by atoms with van der Waals surface area (Å²) in [5.74, 6) is 0.00117. The van der Waals surface area contributed by atoms with E-state index < -0.39 is 0 Å². The highest BCUT2D eigenvalue weighted by Crippen LogP contribution is 2.19. The molecule has 2 aromatic rings. The van der Waals surface area contributed by atoms with Crippen LogP contribution in [0.1, 0.15) is 37.4 Å². The van der Waals surface area contributed by atoms with E-state index in [0.717, 1.165) is 22.6 Å². The Hall–Kier alpha value is -1.84. The minimum atomic E-state index is -0.264. The van der Waals surface area contributed by atoms with Crippen LogP contribution in [0.15, 0.2) is 54.6 Å². The van der Waals surface area contributed by atoms with Gasteiger partial charge in [0.25, 0.3) is 0 Å². The van der Waals surface area contributed by atoms with E-state index in [1.807, 2.05) is 61.5 Å². The van der Waals surface area contributed by atoms with Gasteiger partial charge in [0.15, 0.2) is 0 Å². The average Bonchev–Trinajstić information content (AvgIpc) is 2.59. The lowest BCUT2D eigenvalue weighted by Crippen LogP contribution is -2.43. The monoisotopic (exact) mass is 330 g/mol. The first-order chi connectivity index (χ1) is 11.1. The molecular weight excluding hydrogens is 308 g/mol. The van der Waals surface area contributed by atoms with Gasteiger partial charge in [-0.2, -0.15) is 0 Å². The molecule has 0 heterocycles. The quantitative estimate of drug-likeness (QED) is 0.803. The van der Waals surface area contributed by atoms with E-state index in [2.05, 4.69) is 17.6 Å². The second-order valence-corrected chi connectivity index (χ2v) is 6.04. The van der Waals surface area contributed by atoms with Crippen LogP contribution in [0.3, 0.4) is 0 Å². The van der Waals surface area contributed by atoms with Crippen LogP contribution in [-0.4, -0.2) is 11.9 Å². The summed E-state index contributed by atoms with van der Waals surface area (Å²) in [6.07, 6.45) is 0.901. The molecule has 0 aliphatic carbocycles. The Kier molecular flexibility index (Phi) is 6.63. The zero-order valence-corrected chi connectivity index (χ0v) is 14.3. The first-order valence-corrected chi connectivity index (χ1v) is 8.31. The molecule has 0 aliphatic rings. The third kappa shape index (κ3) is 5.38. The van der Waals surface area contributed by atoms with E-state index >= 15 is 0 Å². The van der Waals surface area contributed by atoms with E-state index in [1.54, 1.807) is 0 Å². The number of amides is 1. The van der Waals surface area contributed by atoms with Crippen molar-refractivity contribution in [3.8, 4) is 0 Å². The fourth-order valence-corrected chi connectivity index (χ4v) is 2.59. The van der Waals surface area contributed by atoms with Gasteiger partial charge in [-0.25, -0.2) is 0 Å². The Morgan fingerprint density at radius 1 is 1.09 bits per heavy atom. The average molecular weight is 331 g/mol. The van der Waals surface area contributed by atoms with Gasteiger partial charge in [-0.1, -0.05) is 61.0 Å². The lowest BCUT2D eigenvalue weighted by atomic mass is 10.0. The molecule has 2 unspecified atom stereocenters. The van der Waals surface area contributed by atoms with Gasteiger partial charge in [-0.05, 0) is 36.6 Å². The van der Waals surface area contributed by atoms with Crippen LogP contribution in [0.2, 0.25) is 5.02 Å². The van der Waals surface area contributed by atoms with Crippen molar-refractivity contribution in [2.24, 2.45) is 0 Å². The van der Waals surface area contributed by atoms with Crippen molar-refractivity contribution in [2.75, 3.05) is 0 Å². The fraction of sp³-hybridized carbons (Fsp3) is 0.316. The van der Waals surface area contributed by atoms with E-state index in [0.29, 0.717) is 6.54 Å². The van der Waals surface area contributed by atoms with Gasteiger partial charge >= 0.3 is 0 Å². The first-order valence-electron chi connectivity index (χ1n) is 7.93. The summed E-state index contributed by atoms with van der Waals surface area (Å²) in [4.78, 5) is 12.3. The topological polar surface area (TPSA) is 41.1 Å². The molecule has 23 heavy (non-hydrogen) atoms. The van der Waals surface area contributed by atoms with Crippen LogP contribution < -0.4 is 10.6 Å². The summed E-state index contributed by atoms with van der Waals surface area (Å²) in [6.45, 7) is 4.53. The maximum Gasteiger partial charge on any atom is 0.237 e. The second-order valence-electron chi connectivity index (χ2n) is 5.60. The molecule has 0 aromatic heterocycles. The minimum Gasteiger partial charge on any atom is -0.351 e. The van der Waals surface area contributed by atoms with Crippen molar-refractivity contribution in [2.45, 2.75) is 38.9 Å². The largest absolute Gasteiger partial charge is 0.351 e. The number of nitrogens with one attached hydrogen (secondary N) is 2. The Labute approximate surface area is 143 Å². The molecule has 4 heteroatoms.